The molecule has 1 atom stereocenters. The smallest absolute Gasteiger partial charge is 0.272 e. The minimum atomic E-state index is -0.250. The summed E-state index contributed by atoms with van der Waals surface area (Å²) in [5.74, 6) is -0.250. The van der Waals surface area contributed by atoms with Crippen molar-refractivity contribution in [1.29, 1.82) is 0 Å². The Morgan fingerprint density at radius 3 is 2.82 bits per heavy atom. The normalized spacial score (nSPS) is 12.1. The lowest BCUT2D eigenvalue weighted by atomic mass is 10.1. The van der Waals surface area contributed by atoms with E-state index in [0.717, 1.165) is 17.1 Å². The molecule has 0 aliphatic heterocycles. The molecule has 1 unspecified atom stereocenters. The molecule has 4 nitrogen and oxygen atoms in total. The van der Waals surface area contributed by atoms with Crippen LogP contribution in [0.25, 0.3) is 0 Å². The molecule has 0 saturated carbocycles. The molecule has 0 aliphatic carbocycles. The van der Waals surface area contributed by atoms with Crippen LogP contribution in [-0.2, 0) is 0 Å². The molecule has 1 aromatic carbocycles. The number of rotatable bonds is 4. The predicted octanol–water partition coefficient (Wildman–Crippen LogP) is 2.25. The van der Waals surface area contributed by atoms with Crippen LogP contribution >= 0.6 is 23.1 Å². The summed E-state index contributed by atoms with van der Waals surface area (Å²) in [5.41, 5.74) is 1.30. The third kappa shape index (κ3) is 3.25. The number of nitrogens with zero attached hydrogens (tertiary/aromatic N) is 2. The molecule has 88 valence electrons. The number of nitrogens with one attached hydrogen (secondary N) is 1. The number of aromatic nitrogens is 2. The van der Waals surface area contributed by atoms with Crippen LogP contribution in [0.15, 0.2) is 35.7 Å². The van der Waals surface area contributed by atoms with E-state index in [-0.39, 0.29) is 11.3 Å². The van der Waals surface area contributed by atoms with Crippen molar-refractivity contribution in [3.63, 3.8) is 0 Å². The topological polar surface area (TPSA) is 54.9 Å². The Morgan fingerprint density at radius 1 is 1.41 bits per heavy atom. The van der Waals surface area contributed by atoms with Gasteiger partial charge in [-0.3, -0.25) is 4.79 Å². The fourth-order valence-electron chi connectivity index (χ4n) is 1.32. The summed E-state index contributed by atoms with van der Waals surface area (Å²) in [6.07, 6.45) is 0. The lowest BCUT2D eigenvalue weighted by molar-refractivity contribution is 0.0948. The van der Waals surface area contributed by atoms with E-state index in [0.29, 0.717) is 12.2 Å². The molecule has 2 rings (SSSR count). The molecule has 1 N–H and O–H groups in total. The average molecular weight is 268 g/mol. The Kier molecular flexibility index (Phi) is 4.06. The zero-order chi connectivity index (χ0) is 12.1. The summed E-state index contributed by atoms with van der Waals surface area (Å²) >= 11 is 7.31. The SMILES string of the molecule is O=C(NCC(Cl)c1ccccc1)c1csnn1. The molecule has 2 aromatic rings. The number of benzene rings is 1. The van der Waals surface area contributed by atoms with Crippen LogP contribution in [-0.4, -0.2) is 22.0 Å². The van der Waals surface area contributed by atoms with Crippen molar-refractivity contribution in [3.05, 3.63) is 47.0 Å². The third-order valence-electron chi connectivity index (χ3n) is 2.20. The molecule has 0 radical (unpaired) electrons. The van der Waals surface area contributed by atoms with E-state index in [4.69, 9.17) is 11.6 Å². The quantitative estimate of drug-likeness (QED) is 0.865. The van der Waals surface area contributed by atoms with Crippen molar-refractivity contribution in [3.8, 4) is 0 Å². The van der Waals surface area contributed by atoms with Gasteiger partial charge >= 0.3 is 0 Å². The first-order valence-electron chi connectivity index (χ1n) is 5.01. The molecule has 0 aliphatic rings. The number of hydrogen-bond donors (Lipinski definition) is 1. The molecule has 0 bridgehead atoms. The molecule has 1 heterocycles. The number of carbonyl (C=O) groups is 1. The van der Waals surface area contributed by atoms with Crippen LogP contribution in [0.5, 0.6) is 0 Å². The van der Waals surface area contributed by atoms with Crippen LogP contribution in [0.4, 0.5) is 0 Å². The molecular formula is C11H10ClN3OS. The van der Waals surface area contributed by atoms with E-state index in [1.807, 2.05) is 30.3 Å². The van der Waals surface area contributed by atoms with E-state index in [1.54, 1.807) is 5.38 Å². The van der Waals surface area contributed by atoms with Gasteiger partial charge in [0, 0.05) is 11.9 Å². The standard InChI is InChI=1S/C11H10ClN3OS/c12-9(8-4-2-1-3-5-8)6-13-11(16)10-7-17-15-14-10/h1-5,7,9H,6H2,(H,13,16). The van der Waals surface area contributed by atoms with Gasteiger partial charge < -0.3 is 5.32 Å². The van der Waals surface area contributed by atoms with Crippen molar-refractivity contribution in [2.45, 2.75) is 5.38 Å². The van der Waals surface area contributed by atoms with E-state index >= 15 is 0 Å². The van der Waals surface area contributed by atoms with Gasteiger partial charge in [0.15, 0.2) is 5.69 Å². The van der Waals surface area contributed by atoms with Gasteiger partial charge in [-0.1, -0.05) is 34.8 Å². The number of alkyl halides is 1. The Bertz CT molecular complexity index is 475. The molecule has 6 heteroatoms. The second-order valence-electron chi connectivity index (χ2n) is 3.38. The van der Waals surface area contributed by atoms with Crippen LogP contribution < -0.4 is 5.32 Å². The van der Waals surface area contributed by atoms with Gasteiger partial charge in [0.05, 0.1) is 5.38 Å². The Labute approximate surface area is 108 Å². The number of amides is 1. The van der Waals surface area contributed by atoms with Gasteiger partial charge in [0.1, 0.15) is 0 Å². The van der Waals surface area contributed by atoms with E-state index < -0.39 is 0 Å². The van der Waals surface area contributed by atoms with Crippen LogP contribution in [0.1, 0.15) is 21.4 Å². The Hall–Kier alpha value is -1.46. The molecule has 1 aromatic heterocycles. The Balaban J connectivity index is 1.89. The summed E-state index contributed by atoms with van der Waals surface area (Å²) in [4.78, 5) is 11.6. The van der Waals surface area contributed by atoms with Crippen LogP contribution in [0, 0.1) is 0 Å². The Morgan fingerprint density at radius 2 is 2.18 bits per heavy atom. The summed E-state index contributed by atoms with van der Waals surface area (Å²) in [6.45, 7) is 0.363. The maximum atomic E-state index is 11.6. The second-order valence-corrected chi connectivity index (χ2v) is 4.52. The fraction of sp³-hybridized carbons (Fsp3) is 0.182. The molecule has 0 fully saturated rings. The number of carbonyl (C=O) groups excluding carboxylic acids is 1. The first-order chi connectivity index (χ1) is 8.27. The van der Waals surface area contributed by atoms with Crippen LogP contribution in [0.2, 0.25) is 0 Å². The van der Waals surface area contributed by atoms with Gasteiger partial charge in [-0.25, -0.2) is 0 Å². The van der Waals surface area contributed by atoms with Crippen molar-refractivity contribution in [2.24, 2.45) is 0 Å². The first kappa shape index (κ1) is 12.0. The zero-order valence-corrected chi connectivity index (χ0v) is 10.4. The second kappa shape index (κ2) is 5.75. The van der Waals surface area contributed by atoms with Gasteiger partial charge in [-0.2, -0.15) is 0 Å². The minimum absolute atomic E-state index is 0.244. The van der Waals surface area contributed by atoms with Crippen molar-refractivity contribution >= 4 is 29.0 Å². The summed E-state index contributed by atoms with van der Waals surface area (Å²) in [5, 5.41) is 7.75. The van der Waals surface area contributed by atoms with Gasteiger partial charge in [-0.05, 0) is 17.1 Å². The van der Waals surface area contributed by atoms with E-state index in [9.17, 15) is 4.79 Å². The highest BCUT2D eigenvalue weighted by atomic mass is 35.5. The highest BCUT2D eigenvalue weighted by molar-refractivity contribution is 7.03. The van der Waals surface area contributed by atoms with Crippen LogP contribution in [0.3, 0.4) is 0 Å². The number of hydrogen-bond acceptors (Lipinski definition) is 4. The third-order valence-corrected chi connectivity index (χ3v) is 3.11. The van der Waals surface area contributed by atoms with Gasteiger partial charge in [-0.15, -0.1) is 16.7 Å². The number of halogens is 1. The monoisotopic (exact) mass is 267 g/mol. The van der Waals surface area contributed by atoms with E-state index in [2.05, 4.69) is 14.9 Å². The zero-order valence-electron chi connectivity index (χ0n) is 8.84. The summed E-state index contributed by atoms with van der Waals surface area (Å²) in [7, 11) is 0. The average Bonchev–Trinajstić information content (AvgIpc) is 2.90. The first-order valence-corrected chi connectivity index (χ1v) is 6.29. The molecule has 0 spiro atoms. The summed E-state index contributed by atoms with van der Waals surface area (Å²) < 4.78 is 3.63. The van der Waals surface area contributed by atoms with Crippen molar-refractivity contribution < 1.29 is 4.79 Å². The molecular weight excluding hydrogens is 258 g/mol. The maximum absolute atomic E-state index is 11.6. The molecule has 17 heavy (non-hydrogen) atoms. The largest absolute Gasteiger partial charge is 0.349 e. The van der Waals surface area contributed by atoms with Crippen molar-refractivity contribution in [2.75, 3.05) is 6.54 Å². The lowest BCUT2D eigenvalue weighted by Crippen LogP contribution is -2.27. The van der Waals surface area contributed by atoms with Gasteiger partial charge in [0.2, 0.25) is 0 Å². The summed E-state index contributed by atoms with van der Waals surface area (Å²) in [6, 6.07) is 9.60. The maximum Gasteiger partial charge on any atom is 0.272 e. The fourth-order valence-corrected chi connectivity index (χ4v) is 1.98. The molecule has 0 saturated heterocycles. The van der Waals surface area contributed by atoms with Gasteiger partial charge in [0.25, 0.3) is 5.91 Å². The lowest BCUT2D eigenvalue weighted by Gasteiger charge is -2.10. The highest BCUT2D eigenvalue weighted by Gasteiger charge is 2.12. The van der Waals surface area contributed by atoms with Crippen molar-refractivity contribution in [1.82, 2.24) is 14.9 Å². The minimum Gasteiger partial charge on any atom is -0.349 e. The molecule has 1 amide bonds. The predicted molar refractivity (Wildman–Crippen MR) is 67.3 cm³/mol. The van der Waals surface area contributed by atoms with E-state index in [1.165, 1.54) is 0 Å². The highest BCUT2D eigenvalue weighted by Crippen LogP contribution is 2.18.